The van der Waals surface area contributed by atoms with Crippen molar-refractivity contribution in [1.82, 2.24) is 0 Å². The smallest absolute Gasteiger partial charge is 0.222 e. The third-order valence-corrected chi connectivity index (χ3v) is 2.53. The van der Waals surface area contributed by atoms with Crippen LogP contribution in [-0.2, 0) is 0 Å². The standard InChI is InChI=1S/C7H9N5S/c1-2-13-6-4-5(10-3-9-4)11-7(8)12-6/h3-4H,2H2,1H3,(H2,8,9,10,11). The van der Waals surface area contributed by atoms with Gasteiger partial charge in [0.1, 0.15) is 11.4 Å². The number of nitrogens with zero attached hydrogens (tertiary/aromatic N) is 4. The summed E-state index contributed by atoms with van der Waals surface area (Å²) in [5, 5.41) is 0.891. The van der Waals surface area contributed by atoms with Gasteiger partial charge in [0.2, 0.25) is 5.96 Å². The second kappa shape index (κ2) is 3.29. The van der Waals surface area contributed by atoms with Crippen molar-refractivity contribution < 1.29 is 0 Å². The first-order valence-electron chi connectivity index (χ1n) is 3.96. The summed E-state index contributed by atoms with van der Waals surface area (Å²) in [5.74, 6) is 1.88. The lowest BCUT2D eigenvalue weighted by molar-refractivity contribution is 1.15. The lowest BCUT2D eigenvalue weighted by Gasteiger charge is -2.14. The zero-order chi connectivity index (χ0) is 9.26. The van der Waals surface area contributed by atoms with Crippen molar-refractivity contribution in [2.45, 2.75) is 13.0 Å². The number of hydrogen-bond acceptors (Lipinski definition) is 6. The minimum atomic E-state index is -0.0998. The Bertz CT molecular complexity index is 341. The fourth-order valence-corrected chi connectivity index (χ4v) is 1.91. The number of thioether (sulfide) groups is 1. The van der Waals surface area contributed by atoms with E-state index in [9.17, 15) is 0 Å². The molecule has 13 heavy (non-hydrogen) atoms. The molecule has 0 amide bonds. The quantitative estimate of drug-likeness (QED) is 0.652. The molecule has 0 aromatic heterocycles. The van der Waals surface area contributed by atoms with Crippen LogP contribution in [0.1, 0.15) is 6.92 Å². The minimum Gasteiger partial charge on any atom is -0.368 e. The van der Waals surface area contributed by atoms with E-state index in [1.54, 1.807) is 11.8 Å². The van der Waals surface area contributed by atoms with E-state index in [4.69, 9.17) is 5.73 Å². The number of guanidine groups is 1. The van der Waals surface area contributed by atoms with Crippen LogP contribution in [0.15, 0.2) is 20.0 Å². The Labute approximate surface area is 80.0 Å². The Hall–Kier alpha value is -1.17. The zero-order valence-corrected chi connectivity index (χ0v) is 7.95. The lowest BCUT2D eigenvalue weighted by Crippen LogP contribution is -2.31. The molecule has 2 aliphatic heterocycles. The van der Waals surface area contributed by atoms with Gasteiger partial charge in [0.25, 0.3) is 0 Å². The van der Waals surface area contributed by atoms with Crippen molar-refractivity contribution in [3.8, 4) is 0 Å². The highest BCUT2D eigenvalue weighted by Gasteiger charge is 2.27. The SMILES string of the molecule is CCSC1=NC(N)=NC2=NC=NC21. The van der Waals surface area contributed by atoms with Crippen LogP contribution in [0.2, 0.25) is 0 Å². The van der Waals surface area contributed by atoms with Crippen LogP contribution >= 0.6 is 11.8 Å². The van der Waals surface area contributed by atoms with E-state index < -0.39 is 0 Å². The largest absolute Gasteiger partial charge is 0.368 e. The number of hydrogen-bond donors (Lipinski definition) is 1. The summed E-state index contributed by atoms with van der Waals surface area (Å²) in [4.78, 5) is 16.3. The molecule has 1 atom stereocenters. The molecule has 0 radical (unpaired) electrons. The normalized spacial score (nSPS) is 25.0. The van der Waals surface area contributed by atoms with Crippen molar-refractivity contribution in [3.05, 3.63) is 0 Å². The van der Waals surface area contributed by atoms with Crippen molar-refractivity contribution in [2.24, 2.45) is 25.7 Å². The minimum absolute atomic E-state index is 0.0998. The Kier molecular flexibility index (Phi) is 2.13. The molecule has 2 aliphatic rings. The summed E-state index contributed by atoms with van der Waals surface area (Å²) in [5.41, 5.74) is 5.52. The first-order valence-corrected chi connectivity index (χ1v) is 4.94. The van der Waals surface area contributed by atoms with E-state index >= 15 is 0 Å². The molecular weight excluding hydrogens is 186 g/mol. The van der Waals surface area contributed by atoms with Crippen molar-refractivity contribution in [3.63, 3.8) is 0 Å². The predicted octanol–water partition coefficient (Wildman–Crippen LogP) is 0.275. The van der Waals surface area contributed by atoms with Crippen LogP contribution in [0.3, 0.4) is 0 Å². The Balaban J connectivity index is 2.30. The molecule has 0 saturated heterocycles. The monoisotopic (exact) mass is 195 g/mol. The summed E-state index contributed by atoms with van der Waals surface area (Å²) in [6.45, 7) is 2.06. The van der Waals surface area contributed by atoms with Gasteiger partial charge in [0.05, 0.1) is 0 Å². The van der Waals surface area contributed by atoms with Crippen molar-refractivity contribution in [2.75, 3.05) is 5.75 Å². The van der Waals surface area contributed by atoms with Gasteiger partial charge in [-0.1, -0.05) is 6.92 Å². The van der Waals surface area contributed by atoms with Gasteiger partial charge in [-0.15, -0.1) is 11.8 Å². The van der Waals surface area contributed by atoms with Crippen LogP contribution in [0.4, 0.5) is 0 Å². The molecule has 0 aromatic rings. The highest BCUT2D eigenvalue weighted by atomic mass is 32.2. The van der Waals surface area contributed by atoms with Crippen LogP contribution < -0.4 is 5.73 Å². The molecule has 1 unspecified atom stereocenters. The molecule has 68 valence electrons. The maximum absolute atomic E-state index is 5.52. The van der Waals surface area contributed by atoms with E-state index in [1.165, 1.54) is 6.34 Å². The molecule has 2 rings (SSSR count). The van der Waals surface area contributed by atoms with Gasteiger partial charge < -0.3 is 5.73 Å². The summed E-state index contributed by atoms with van der Waals surface area (Å²) < 4.78 is 0. The van der Waals surface area contributed by atoms with Gasteiger partial charge in [-0.05, 0) is 5.75 Å². The lowest BCUT2D eigenvalue weighted by atomic mass is 10.3. The summed E-state index contributed by atoms with van der Waals surface area (Å²) >= 11 is 1.63. The van der Waals surface area contributed by atoms with E-state index in [-0.39, 0.29) is 12.0 Å². The van der Waals surface area contributed by atoms with E-state index in [0.29, 0.717) is 5.84 Å². The fourth-order valence-electron chi connectivity index (χ4n) is 1.14. The third kappa shape index (κ3) is 1.49. The van der Waals surface area contributed by atoms with Gasteiger partial charge in [0.15, 0.2) is 11.9 Å². The molecule has 2 heterocycles. The topological polar surface area (TPSA) is 75.5 Å². The summed E-state index contributed by atoms with van der Waals surface area (Å²) in [6, 6.07) is -0.0998. The molecule has 0 aliphatic carbocycles. The Morgan fingerprint density at radius 1 is 1.54 bits per heavy atom. The van der Waals surface area contributed by atoms with E-state index in [2.05, 4.69) is 26.9 Å². The molecule has 2 N–H and O–H groups in total. The van der Waals surface area contributed by atoms with E-state index in [1.807, 2.05) is 0 Å². The highest BCUT2D eigenvalue weighted by molar-refractivity contribution is 8.14. The van der Waals surface area contributed by atoms with Crippen molar-refractivity contribution in [1.29, 1.82) is 0 Å². The number of amidine groups is 1. The molecule has 0 aromatic carbocycles. The number of nitrogens with two attached hydrogens (primary N) is 1. The molecule has 0 spiro atoms. The second-order valence-electron chi connectivity index (χ2n) is 2.51. The van der Waals surface area contributed by atoms with Gasteiger partial charge >= 0.3 is 0 Å². The summed E-state index contributed by atoms with van der Waals surface area (Å²) in [7, 11) is 0. The first-order chi connectivity index (χ1) is 6.31. The average molecular weight is 195 g/mol. The van der Waals surface area contributed by atoms with Crippen molar-refractivity contribution >= 4 is 34.9 Å². The third-order valence-electron chi connectivity index (χ3n) is 1.63. The average Bonchev–Trinajstić information content (AvgIpc) is 2.52. The molecule has 0 saturated carbocycles. The van der Waals surface area contributed by atoms with Crippen LogP contribution in [0, 0.1) is 0 Å². The maximum Gasteiger partial charge on any atom is 0.222 e. The maximum atomic E-state index is 5.52. The number of rotatable bonds is 1. The predicted molar refractivity (Wildman–Crippen MR) is 56.9 cm³/mol. The second-order valence-corrected chi connectivity index (χ2v) is 3.79. The van der Waals surface area contributed by atoms with Gasteiger partial charge in [-0.25, -0.2) is 9.98 Å². The summed E-state index contributed by atoms with van der Waals surface area (Å²) in [6.07, 6.45) is 1.51. The molecule has 0 fully saturated rings. The van der Waals surface area contributed by atoms with Crippen LogP contribution in [0.25, 0.3) is 0 Å². The Morgan fingerprint density at radius 2 is 2.38 bits per heavy atom. The fraction of sp³-hybridized carbons (Fsp3) is 0.429. The van der Waals surface area contributed by atoms with Gasteiger partial charge in [0, 0.05) is 0 Å². The molecule has 6 heteroatoms. The molecular formula is C7H9N5S. The number of fused-ring (bicyclic) bond motifs is 1. The molecule has 5 nitrogen and oxygen atoms in total. The zero-order valence-electron chi connectivity index (χ0n) is 7.14. The Morgan fingerprint density at radius 3 is 3.15 bits per heavy atom. The number of aliphatic imine (C=N–C) groups is 4. The van der Waals surface area contributed by atoms with Gasteiger partial charge in [-0.2, -0.15) is 4.99 Å². The van der Waals surface area contributed by atoms with E-state index in [0.717, 1.165) is 10.8 Å². The highest BCUT2D eigenvalue weighted by Crippen LogP contribution is 2.18. The van der Waals surface area contributed by atoms with Crippen LogP contribution in [-0.4, -0.2) is 35.0 Å². The van der Waals surface area contributed by atoms with Gasteiger partial charge in [-0.3, -0.25) is 4.99 Å². The first kappa shape index (κ1) is 8.43. The van der Waals surface area contributed by atoms with Crippen LogP contribution in [0.5, 0.6) is 0 Å². The molecule has 0 bridgehead atoms.